The zero-order chi connectivity index (χ0) is 23.5. The minimum absolute atomic E-state index is 0.142. The SMILES string of the molecule is COc1ccc(F)cc1-c1ccnc2[nH]c(C3=CCC(N[C@@H](CC(C)C)C(=O)O)CC3)cc12. The Bertz CT molecular complexity index is 1180. The Morgan fingerprint density at radius 2 is 2.12 bits per heavy atom. The highest BCUT2D eigenvalue weighted by Crippen LogP contribution is 2.37. The summed E-state index contributed by atoms with van der Waals surface area (Å²) in [5.41, 5.74) is 4.43. The number of carboxylic acid groups (broad SMARTS) is 1. The highest BCUT2D eigenvalue weighted by molar-refractivity contribution is 5.96. The zero-order valence-electron chi connectivity index (χ0n) is 19.2. The molecule has 2 heterocycles. The summed E-state index contributed by atoms with van der Waals surface area (Å²) in [6, 6.07) is 8.04. The minimum atomic E-state index is -0.791. The Labute approximate surface area is 192 Å². The smallest absolute Gasteiger partial charge is 0.320 e. The van der Waals surface area contributed by atoms with Gasteiger partial charge in [-0.25, -0.2) is 9.37 Å². The molecule has 0 saturated heterocycles. The number of fused-ring (bicyclic) bond motifs is 1. The number of H-pyrrole nitrogens is 1. The van der Waals surface area contributed by atoms with Crippen LogP contribution < -0.4 is 10.1 Å². The van der Waals surface area contributed by atoms with Gasteiger partial charge in [-0.3, -0.25) is 4.79 Å². The first-order valence-corrected chi connectivity index (χ1v) is 11.4. The second-order valence-electron chi connectivity index (χ2n) is 9.04. The molecule has 6 nitrogen and oxygen atoms in total. The van der Waals surface area contributed by atoms with Gasteiger partial charge in [0.2, 0.25) is 0 Å². The van der Waals surface area contributed by atoms with Crippen LogP contribution in [0.25, 0.3) is 27.7 Å². The van der Waals surface area contributed by atoms with Crippen LogP contribution in [0.5, 0.6) is 5.75 Å². The van der Waals surface area contributed by atoms with Crippen LogP contribution in [-0.4, -0.2) is 40.2 Å². The molecule has 0 saturated carbocycles. The maximum Gasteiger partial charge on any atom is 0.320 e. The van der Waals surface area contributed by atoms with Crippen LogP contribution in [0.4, 0.5) is 4.39 Å². The fourth-order valence-electron chi connectivity index (χ4n) is 4.55. The molecular weight excluding hydrogens is 421 g/mol. The topological polar surface area (TPSA) is 87.2 Å². The number of carboxylic acids is 1. The summed E-state index contributed by atoms with van der Waals surface area (Å²) in [6.45, 7) is 4.07. The van der Waals surface area contributed by atoms with Gasteiger partial charge < -0.3 is 20.1 Å². The van der Waals surface area contributed by atoms with E-state index in [0.717, 1.165) is 41.6 Å². The standard InChI is InChI=1S/C26H30FN3O3/c1-15(2)12-23(26(31)32)29-18-7-4-16(5-8-18)22-14-21-19(10-11-28-25(21)30-22)20-13-17(27)6-9-24(20)33-3/h4,6,9-11,13-15,18,23,29H,5,7-8,12H2,1-3H3,(H,28,30)(H,31,32)/t18?,23-/m0/s1. The van der Waals surface area contributed by atoms with E-state index in [2.05, 4.69) is 27.4 Å². The van der Waals surface area contributed by atoms with E-state index in [0.29, 0.717) is 23.7 Å². The molecule has 0 aliphatic heterocycles. The van der Waals surface area contributed by atoms with Gasteiger partial charge in [0.1, 0.15) is 23.3 Å². The van der Waals surface area contributed by atoms with Gasteiger partial charge in [-0.05, 0) is 73.1 Å². The number of methoxy groups -OCH3 is 1. The van der Waals surface area contributed by atoms with E-state index in [9.17, 15) is 14.3 Å². The van der Waals surface area contributed by atoms with Crippen LogP contribution in [0.2, 0.25) is 0 Å². The summed E-state index contributed by atoms with van der Waals surface area (Å²) in [4.78, 5) is 19.5. The van der Waals surface area contributed by atoms with Crippen molar-refractivity contribution in [2.75, 3.05) is 7.11 Å². The van der Waals surface area contributed by atoms with Crippen LogP contribution in [0, 0.1) is 11.7 Å². The van der Waals surface area contributed by atoms with E-state index >= 15 is 0 Å². The number of ether oxygens (including phenoxy) is 1. The first kappa shape index (κ1) is 23.0. The van der Waals surface area contributed by atoms with Gasteiger partial charge in [0.25, 0.3) is 0 Å². The van der Waals surface area contributed by atoms with E-state index in [1.807, 2.05) is 19.9 Å². The van der Waals surface area contributed by atoms with Crippen LogP contribution in [0.1, 0.15) is 45.2 Å². The Kier molecular flexibility index (Phi) is 6.79. The van der Waals surface area contributed by atoms with E-state index in [4.69, 9.17) is 4.74 Å². The molecule has 0 spiro atoms. The van der Waals surface area contributed by atoms with Gasteiger partial charge in [0.15, 0.2) is 0 Å². The van der Waals surface area contributed by atoms with Crippen molar-refractivity contribution in [1.29, 1.82) is 0 Å². The molecule has 0 bridgehead atoms. The molecule has 2 atom stereocenters. The first-order chi connectivity index (χ1) is 15.9. The van der Waals surface area contributed by atoms with Gasteiger partial charge >= 0.3 is 5.97 Å². The highest BCUT2D eigenvalue weighted by atomic mass is 19.1. The highest BCUT2D eigenvalue weighted by Gasteiger charge is 2.24. The van der Waals surface area contributed by atoms with Crippen molar-refractivity contribution in [3.63, 3.8) is 0 Å². The van der Waals surface area contributed by atoms with Gasteiger partial charge in [-0.2, -0.15) is 0 Å². The predicted octanol–water partition coefficient (Wildman–Crippen LogP) is 5.40. The summed E-state index contributed by atoms with van der Waals surface area (Å²) >= 11 is 0. The summed E-state index contributed by atoms with van der Waals surface area (Å²) in [5.74, 6) is -0.192. The lowest BCUT2D eigenvalue weighted by molar-refractivity contribution is -0.140. The fourth-order valence-corrected chi connectivity index (χ4v) is 4.55. The van der Waals surface area contributed by atoms with Crippen molar-refractivity contribution in [3.8, 4) is 16.9 Å². The molecule has 2 aromatic heterocycles. The number of rotatable bonds is 8. The second kappa shape index (κ2) is 9.75. The van der Waals surface area contributed by atoms with Crippen molar-refractivity contribution in [2.45, 2.75) is 51.6 Å². The van der Waals surface area contributed by atoms with Gasteiger partial charge in [0.05, 0.1) is 7.11 Å². The maximum absolute atomic E-state index is 14.0. The number of allylic oxidation sites excluding steroid dienone is 1. The second-order valence-corrected chi connectivity index (χ2v) is 9.04. The Morgan fingerprint density at radius 1 is 1.30 bits per heavy atom. The molecule has 0 amide bonds. The normalized spacial score (nSPS) is 17.2. The third-order valence-electron chi connectivity index (χ3n) is 6.18. The lowest BCUT2D eigenvalue weighted by atomic mass is 9.92. The van der Waals surface area contributed by atoms with E-state index in [-0.39, 0.29) is 11.9 Å². The number of halogens is 1. The molecule has 33 heavy (non-hydrogen) atoms. The number of nitrogens with zero attached hydrogens (tertiary/aromatic N) is 1. The Hall–Kier alpha value is -3.19. The van der Waals surface area contributed by atoms with E-state index in [1.165, 1.54) is 17.7 Å². The molecule has 3 aromatic rings. The van der Waals surface area contributed by atoms with Gasteiger partial charge in [0, 0.05) is 28.9 Å². The molecule has 3 N–H and O–H groups in total. The summed E-state index contributed by atoms with van der Waals surface area (Å²) in [6.07, 6.45) is 6.95. The molecule has 1 aliphatic rings. The molecule has 1 unspecified atom stereocenters. The predicted molar refractivity (Wildman–Crippen MR) is 128 cm³/mol. The number of carbonyl (C=O) groups is 1. The minimum Gasteiger partial charge on any atom is -0.496 e. The quantitative estimate of drug-likeness (QED) is 0.427. The number of nitrogens with one attached hydrogen (secondary N) is 2. The summed E-state index contributed by atoms with van der Waals surface area (Å²) < 4.78 is 19.4. The molecular formula is C26H30FN3O3. The number of benzene rings is 1. The average molecular weight is 452 g/mol. The monoisotopic (exact) mass is 451 g/mol. The number of aromatic nitrogens is 2. The number of pyridine rings is 1. The van der Waals surface area contributed by atoms with Crippen molar-refractivity contribution in [2.24, 2.45) is 5.92 Å². The number of aliphatic carboxylic acids is 1. The Morgan fingerprint density at radius 3 is 2.79 bits per heavy atom. The molecule has 0 radical (unpaired) electrons. The summed E-state index contributed by atoms with van der Waals surface area (Å²) in [7, 11) is 1.57. The largest absolute Gasteiger partial charge is 0.496 e. The summed E-state index contributed by atoms with van der Waals surface area (Å²) in [5, 5.41) is 13.7. The first-order valence-electron chi connectivity index (χ1n) is 11.4. The molecule has 1 aromatic carbocycles. The van der Waals surface area contributed by atoms with Crippen LogP contribution in [0.15, 0.2) is 42.6 Å². The molecule has 0 fully saturated rings. The zero-order valence-corrected chi connectivity index (χ0v) is 19.2. The van der Waals surface area contributed by atoms with Gasteiger partial charge in [-0.1, -0.05) is 19.9 Å². The lowest BCUT2D eigenvalue weighted by Crippen LogP contribution is -2.44. The third kappa shape index (κ3) is 5.09. The number of hydrogen-bond acceptors (Lipinski definition) is 4. The fraction of sp³-hybridized carbons (Fsp3) is 0.385. The molecule has 1 aliphatic carbocycles. The number of aromatic amines is 1. The van der Waals surface area contributed by atoms with Crippen molar-refractivity contribution in [1.82, 2.24) is 15.3 Å². The number of hydrogen-bond donors (Lipinski definition) is 3. The molecule has 174 valence electrons. The Balaban J connectivity index is 1.58. The van der Waals surface area contributed by atoms with Crippen molar-refractivity contribution < 1.29 is 19.0 Å². The van der Waals surface area contributed by atoms with E-state index < -0.39 is 12.0 Å². The van der Waals surface area contributed by atoms with Crippen molar-refractivity contribution in [3.05, 3.63) is 54.1 Å². The molecule has 4 rings (SSSR count). The van der Waals surface area contributed by atoms with Crippen LogP contribution >= 0.6 is 0 Å². The third-order valence-corrected chi connectivity index (χ3v) is 6.18. The van der Waals surface area contributed by atoms with E-state index in [1.54, 1.807) is 19.4 Å². The van der Waals surface area contributed by atoms with Crippen LogP contribution in [-0.2, 0) is 4.79 Å². The molecule has 7 heteroatoms. The maximum atomic E-state index is 14.0. The van der Waals surface area contributed by atoms with Gasteiger partial charge in [-0.15, -0.1) is 0 Å². The van der Waals surface area contributed by atoms with Crippen LogP contribution in [0.3, 0.4) is 0 Å². The lowest BCUT2D eigenvalue weighted by Gasteiger charge is -2.27. The average Bonchev–Trinajstić information content (AvgIpc) is 3.23. The van der Waals surface area contributed by atoms with Crippen molar-refractivity contribution >= 4 is 22.6 Å².